The largest absolute Gasteiger partial charge is 0.469 e. The van der Waals surface area contributed by atoms with Crippen molar-refractivity contribution in [1.82, 2.24) is 15.0 Å². The van der Waals surface area contributed by atoms with Gasteiger partial charge in [-0.05, 0) is 24.3 Å². The lowest BCUT2D eigenvalue weighted by Gasteiger charge is -2.23. The smallest absolute Gasteiger partial charge is 0.306 e. The van der Waals surface area contributed by atoms with Crippen LogP contribution in [0.15, 0.2) is 22.0 Å². The van der Waals surface area contributed by atoms with E-state index in [9.17, 15) is 4.79 Å². The molecule has 3 rings (SSSR count). The van der Waals surface area contributed by atoms with Gasteiger partial charge in [0, 0.05) is 19.7 Å². The first-order valence-electron chi connectivity index (χ1n) is 8.02. The number of ether oxygens (including phenoxy) is 2. The highest BCUT2D eigenvalue weighted by Gasteiger charge is 2.22. The normalized spacial score (nSPS) is 17.5. The number of thiophene rings is 1. The summed E-state index contributed by atoms with van der Waals surface area (Å²) in [5, 5.41) is 6.01. The summed E-state index contributed by atoms with van der Waals surface area (Å²) in [6, 6.07) is 3.91. The van der Waals surface area contributed by atoms with Gasteiger partial charge in [-0.1, -0.05) is 11.2 Å². The Hall–Kier alpha value is -1.77. The van der Waals surface area contributed by atoms with Crippen molar-refractivity contribution in [2.24, 2.45) is 0 Å². The van der Waals surface area contributed by atoms with E-state index in [1.165, 1.54) is 7.11 Å². The van der Waals surface area contributed by atoms with Gasteiger partial charge in [0.2, 0.25) is 11.7 Å². The Balaban J connectivity index is 1.62. The van der Waals surface area contributed by atoms with E-state index in [-0.39, 0.29) is 12.1 Å². The van der Waals surface area contributed by atoms with E-state index in [0.717, 1.165) is 30.9 Å². The summed E-state index contributed by atoms with van der Waals surface area (Å²) in [5.74, 6) is 0.920. The molecule has 3 heterocycles. The van der Waals surface area contributed by atoms with Crippen molar-refractivity contribution in [1.29, 1.82) is 0 Å². The van der Waals surface area contributed by atoms with Gasteiger partial charge in [0.25, 0.3) is 0 Å². The van der Waals surface area contributed by atoms with Gasteiger partial charge < -0.3 is 14.0 Å². The second-order valence-electron chi connectivity index (χ2n) is 5.69. The maximum absolute atomic E-state index is 11.4. The van der Waals surface area contributed by atoms with Gasteiger partial charge in [-0.2, -0.15) is 4.98 Å². The molecule has 0 aromatic carbocycles. The average Bonchev–Trinajstić information content (AvgIpc) is 3.33. The molecule has 0 spiro atoms. The van der Waals surface area contributed by atoms with Crippen molar-refractivity contribution in [3.05, 3.63) is 23.4 Å². The molecule has 7 nitrogen and oxygen atoms in total. The highest BCUT2D eigenvalue weighted by atomic mass is 32.1. The van der Waals surface area contributed by atoms with Crippen LogP contribution in [-0.2, 0) is 20.8 Å². The summed E-state index contributed by atoms with van der Waals surface area (Å²) < 4.78 is 15.8. The number of hydrogen-bond acceptors (Lipinski definition) is 8. The van der Waals surface area contributed by atoms with Crippen LogP contribution in [0.5, 0.6) is 0 Å². The van der Waals surface area contributed by atoms with Crippen LogP contribution >= 0.6 is 11.3 Å². The predicted octanol–water partition coefficient (Wildman–Crippen LogP) is 2.34. The van der Waals surface area contributed by atoms with Crippen LogP contribution < -0.4 is 0 Å². The van der Waals surface area contributed by atoms with E-state index in [1.54, 1.807) is 11.3 Å². The number of aromatic nitrogens is 2. The van der Waals surface area contributed by atoms with Gasteiger partial charge in [-0.3, -0.25) is 9.69 Å². The number of esters is 1. The van der Waals surface area contributed by atoms with Crippen molar-refractivity contribution < 1.29 is 18.8 Å². The minimum atomic E-state index is -0.225. The summed E-state index contributed by atoms with van der Waals surface area (Å²) in [6.07, 6.45) is 2.65. The first-order valence-corrected chi connectivity index (χ1v) is 8.90. The lowest BCUT2D eigenvalue weighted by molar-refractivity contribution is -0.141. The molecule has 0 aliphatic carbocycles. The van der Waals surface area contributed by atoms with Gasteiger partial charge in [0.1, 0.15) is 0 Å². The quantitative estimate of drug-likeness (QED) is 0.676. The fraction of sp³-hybridized carbons (Fsp3) is 0.562. The third kappa shape index (κ3) is 4.62. The van der Waals surface area contributed by atoms with Crippen LogP contribution in [0.25, 0.3) is 10.7 Å². The Bertz CT molecular complexity index is 638. The highest BCUT2D eigenvalue weighted by Crippen LogP contribution is 2.22. The standard InChI is InChI=1S/C16H21N3O4S/c1-21-15(20)6-7-19(10-12-4-2-8-22-12)11-14-17-16(18-23-14)13-5-3-9-24-13/h3,5,9,12H,2,4,6-8,10-11H2,1H3. The summed E-state index contributed by atoms with van der Waals surface area (Å²) in [5.41, 5.74) is 0. The minimum absolute atomic E-state index is 0.197. The monoisotopic (exact) mass is 351 g/mol. The van der Waals surface area contributed by atoms with E-state index in [0.29, 0.717) is 31.2 Å². The molecule has 1 aliphatic heterocycles. The average molecular weight is 351 g/mol. The van der Waals surface area contributed by atoms with Gasteiger partial charge in [0.15, 0.2) is 0 Å². The van der Waals surface area contributed by atoms with E-state index in [1.807, 2.05) is 17.5 Å². The van der Waals surface area contributed by atoms with Crippen LogP contribution in [-0.4, -0.2) is 53.9 Å². The molecule has 0 amide bonds. The highest BCUT2D eigenvalue weighted by molar-refractivity contribution is 7.13. The SMILES string of the molecule is COC(=O)CCN(Cc1nc(-c2cccs2)no1)CC1CCCO1. The van der Waals surface area contributed by atoms with Crippen LogP contribution in [0.4, 0.5) is 0 Å². The maximum atomic E-state index is 11.4. The Kier molecular flexibility index (Phi) is 5.95. The van der Waals surface area contributed by atoms with Gasteiger partial charge >= 0.3 is 5.97 Å². The molecule has 0 radical (unpaired) electrons. The Labute approximate surface area is 144 Å². The number of rotatable bonds is 8. The Morgan fingerprint density at radius 3 is 3.17 bits per heavy atom. The topological polar surface area (TPSA) is 77.7 Å². The molecule has 1 atom stereocenters. The Morgan fingerprint density at radius 2 is 2.46 bits per heavy atom. The second-order valence-corrected chi connectivity index (χ2v) is 6.63. The number of nitrogens with zero attached hydrogens (tertiary/aromatic N) is 3. The first kappa shape index (κ1) is 17.1. The van der Waals surface area contributed by atoms with Crippen LogP contribution in [0.1, 0.15) is 25.2 Å². The third-order valence-corrected chi connectivity index (χ3v) is 4.78. The lowest BCUT2D eigenvalue weighted by atomic mass is 10.2. The van der Waals surface area contributed by atoms with Crippen molar-refractivity contribution in [2.45, 2.75) is 31.9 Å². The molecule has 8 heteroatoms. The van der Waals surface area contributed by atoms with E-state index in [2.05, 4.69) is 15.0 Å². The van der Waals surface area contributed by atoms with Crippen LogP contribution in [0.3, 0.4) is 0 Å². The molecule has 2 aromatic heterocycles. The molecule has 0 saturated carbocycles. The number of hydrogen-bond donors (Lipinski definition) is 0. The summed E-state index contributed by atoms with van der Waals surface area (Å²) in [4.78, 5) is 19.0. The molecule has 2 aromatic rings. The van der Waals surface area contributed by atoms with Crippen LogP contribution in [0, 0.1) is 0 Å². The fourth-order valence-corrected chi connectivity index (χ4v) is 3.33. The second kappa shape index (κ2) is 8.36. The van der Waals surface area contributed by atoms with Gasteiger partial charge in [-0.15, -0.1) is 11.3 Å². The first-order chi connectivity index (χ1) is 11.7. The van der Waals surface area contributed by atoms with Gasteiger partial charge in [0.05, 0.1) is 31.1 Å². The van der Waals surface area contributed by atoms with Crippen molar-refractivity contribution in [2.75, 3.05) is 26.8 Å². The molecular formula is C16H21N3O4S. The predicted molar refractivity (Wildman–Crippen MR) is 88.5 cm³/mol. The molecule has 0 N–H and O–H groups in total. The molecule has 1 aliphatic rings. The summed E-state index contributed by atoms with van der Waals surface area (Å²) >= 11 is 1.57. The van der Waals surface area contributed by atoms with Crippen molar-refractivity contribution in [3.8, 4) is 10.7 Å². The van der Waals surface area contributed by atoms with Crippen molar-refractivity contribution in [3.63, 3.8) is 0 Å². The minimum Gasteiger partial charge on any atom is -0.469 e. The molecule has 1 saturated heterocycles. The van der Waals surface area contributed by atoms with Crippen LogP contribution in [0.2, 0.25) is 0 Å². The zero-order chi connectivity index (χ0) is 16.8. The van der Waals surface area contributed by atoms with Crippen molar-refractivity contribution >= 4 is 17.3 Å². The maximum Gasteiger partial charge on any atom is 0.306 e. The third-order valence-electron chi connectivity index (χ3n) is 3.91. The number of carbonyl (C=O) groups excluding carboxylic acids is 1. The number of methoxy groups -OCH3 is 1. The molecule has 130 valence electrons. The summed E-state index contributed by atoms with van der Waals surface area (Å²) in [6.45, 7) is 2.62. The Morgan fingerprint density at radius 1 is 1.54 bits per heavy atom. The van der Waals surface area contributed by atoms with Gasteiger partial charge in [-0.25, -0.2) is 0 Å². The van der Waals surface area contributed by atoms with E-state index >= 15 is 0 Å². The van der Waals surface area contributed by atoms with E-state index < -0.39 is 0 Å². The van der Waals surface area contributed by atoms with E-state index in [4.69, 9.17) is 14.0 Å². The molecule has 24 heavy (non-hydrogen) atoms. The molecule has 1 fully saturated rings. The molecule has 0 bridgehead atoms. The zero-order valence-corrected chi connectivity index (χ0v) is 14.5. The fourth-order valence-electron chi connectivity index (χ4n) is 2.68. The number of carbonyl (C=O) groups is 1. The zero-order valence-electron chi connectivity index (χ0n) is 13.6. The summed E-state index contributed by atoms with van der Waals surface area (Å²) in [7, 11) is 1.40. The molecular weight excluding hydrogens is 330 g/mol. The lowest BCUT2D eigenvalue weighted by Crippen LogP contribution is -2.33. The molecule has 1 unspecified atom stereocenters.